The predicted molar refractivity (Wildman–Crippen MR) is 84.8 cm³/mol. The zero-order valence-electron chi connectivity index (χ0n) is 13.5. The molecule has 3 fully saturated rings. The molecular weight excluding hydrogens is 246 g/mol. The second-order valence-corrected chi connectivity index (χ2v) is 8.17. The van der Waals surface area contributed by atoms with Crippen LogP contribution in [-0.2, 0) is 0 Å². The fourth-order valence-electron chi connectivity index (χ4n) is 4.62. The molecule has 3 unspecified atom stereocenters. The molecule has 0 amide bonds. The molecule has 0 radical (unpaired) electrons. The van der Waals surface area contributed by atoms with Crippen molar-refractivity contribution in [2.24, 2.45) is 11.1 Å². The number of piperidine rings is 1. The lowest BCUT2D eigenvalue weighted by Gasteiger charge is -2.44. The van der Waals surface area contributed by atoms with Crippen LogP contribution in [-0.4, -0.2) is 54.1 Å². The summed E-state index contributed by atoms with van der Waals surface area (Å²) in [5.74, 6) is 0. The van der Waals surface area contributed by atoms with Crippen LogP contribution in [0.4, 0.5) is 0 Å². The van der Waals surface area contributed by atoms with Gasteiger partial charge in [-0.25, -0.2) is 0 Å². The molecule has 2 heterocycles. The summed E-state index contributed by atoms with van der Waals surface area (Å²) in [6.07, 6.45) is 9.43. The van der Waals surface area contributed by atoms with Gasteiger partial charge in [-0.15, -0.1) is 0 Å². The summed E-state index contributed by atoms with van der Waals surface area (Å²) in [6, 6.07) is 1.85. The first-order chi connectivity index (χ1) is 9.55. The normalized spacial score (nSPS) is 40.0. The van der Waals surface area contributed by atoms with E-state index < -0.39 is 0 Å². The largest absolute Gasteiger partial charge is 0.326 e. The van der Waals surface area contributed by atoms with Crippen LogP contribution in [0.25, 0.3) is 0 Å². The monoisotopic (exact) mass is 279 g/mol. The Morgan fingerprint density at radius 3 is 2.45 bits per heavy atom. The lowest BCUT2D eigenvalue weighted by molar-refractivity contribution is 0.0842. The predicted octanol–water partition coefficient (Wildman–Crippen LogP) is 2.45. The van der Waals surface area contributed by atoms with E-state index in [0.717, 1.165) is 6.04 Å². The number of hydrogen-bond acceptors (Lipinski definition) is 3. The second-order valence-electron chi connectivity index (χ2n) is 8.17. The Labute approximate surface area is 124 Å². The third kappa shape index (κ3) is 3.20. The third-order valence-corrected chi connectivity index (χ3v) is 5.98. The molecule has 3 rings (SSSR count). The highest BCUT2D eigenvalue weighted by Crippen LogP contribution is 2.38. The van der Waals surface area contributed by atoms with Crippen LogP contribution in [0, 0.1) is 5.41 Å². The van der Waals surface area contributed by atoms with Gasteiger partial charge in [-0.2, -0.15) is 0 Å². The van der Waals surface area contributed by atoms with Gasteiger partial charge in [0.15, 0.2) is 0 Å². The van der Waals surface area contributed by atoms with E-state index in [9.17, 15) is 0 Å². The van der Waals surface area contributed by atoms with Crippen molar-refractivity contribution in [1.29, 1.82) is 0 Å². The summed E-state index contributed by atoms with van der Waals surface area (Å²) in [5, 5.41) is 0. The minimum absolute atomic E-state index is 0.406. The van der Waals surface area contributed by atoms with E-state index in [2.05, 4.69) is 23.6 Å². The number of nitrogens with two attached hydrogens (primary N) is 1. The molecule has 0 aromatic rings. The molecule has 0 aromatic carbocycles. The first-order valence-corrected chi connectivity index (χ1v) is 8.79. The maximum Gasteiger partial charge on any atom is 0.0252 e. The summed E-state index contributed by atoms with van der Waals surface area (Å²) in [4.78, 5) is 5.48. The maximum atomic E-state index is 6.45. The molecule has 2 saturated heterocycles. The van der Waals surface area contributed by atoms with E-state index in [1.165, 1.54) is 71.1 Å². The number of likely N-dealkylation sites (tertiary alicyclic amines) is 2. The van der Waals surface area contributed by atoms with Gasteiger partial charge in [0.2, 0.25) is 0 Å². The average Bonchev–Trinajstić information content (AvgIpc) is 2.92. The van der Waals surface area contributed by atoms with Crippen LogP contribution < -0.4 is 5.73 Å². The quantitative estimate of drug-likeness (QED) is 0.843. The van der Waals surface area contributed by atoms with Gasteiger partial charge >= 0.3 is 0 Å². The Morgan fingerprint density at radius 1 is 0.950 bits per heavy atom. The molecule has 0 bridgehead atoms. The number of rotatable bonds is 2. The third-order valence-electron chi connectivity index (χ3n) is 5.98. The van der Waals surface area contributed by atoms with Gasteiger partial charge in [-0.05, 0) is 57.0 Å². The average molecular weight is 279 g/mol. The highest BCUT2D eigenvalue weighted by atomic mass is 15.3. The van der Waals surface area contributed by atoms with E-state index in [1.54, 1.807) is 0 Å². The molecule has 1 saturated carbocycles. The van der Waals surface area contributed by atoms with Crippen LogP contribution >= 0.6 is 0 Å². The summed E-state index contributed by atoms with van der Waals surface area (Å²) >= 11 is 0. The summed E-state index contributed by atoms with van der Waals surface area (Å²) in [7, 11) is 0. The van der Waals surface area contributed by atoms with Gasteiger partial charge < -0.3 is 5.73 Å². The van der Waals surface area contributed by atoms with Crippen molar-refractivity contribution in [3.63, 3.8) is 0 Å². The molecule has 0 aromatic heterocycles. The molecule has 2 N–H and O–H groups in total. The molecule has 0 spiro atoms. The lowest BCUT2D eigenvalue weighted by atomic mass is 9.72. The molecule has 1 aliphatic carbocycles. The maximum absolute atomic E-state index is 6.45. The minimum Gasteiger partial charge on any atom is -0.326 e. The van der Waals surface area contributed by atoms with Gasteiger partial charge in [0.05, 0.1) is 0 Å². The SMILES string of the molecule is CC1(C)CCC(N)C(N2CCC(N3CCCCC3)C2)C1. The molecule has 20 heavy (non-hydrogen) atoms. The van der Waals surface area contributed by atoms with Crippen molar-refractivity contribution < 1.29 is 0 Å². The first kappa shape index (κ1) is 14.8. The van der Waals surface area contributed by atoms with E-state index >= 15 is 0 Å². The van der Waals surface area contributed by atoms with E-state index in [0.29, 0.717) is 17.5 Å². The summed E-state index contributed by atoms with van der Waals surface area (Å²) in [6.45, 7) is 10.1. The van der Waals surface area contributed by atoms with Gasteiger partial charge in [0, 0.05) is 31.2 Å². The van der Waals surface area contributed by atoms with Crippen molar-refractivity contribution in [3.05, 3.63) is 0 Å². The molecule has 2 aliphatic heterocycles. The highest BCUT2D eigenvalue weighted by molar-refractivity contribution is 4.97. The second kappa shape index (κ2) is 5.94. The summed E-state index contributed by atoms with van der Waals surface area (Å²) < 4.78 is 0. The lowest BCUT2D eigenvalue weighted by Crippen LogP contribution is -2.53. The number of nitrogens with zero attached hydrogens (tertiary/aromatic N) is 2. The molecule has 3 nitrogen and oxygen atoms in total. The zero-order chi connectivity index (χ0) is 14.2. The van der Waals surface area contributed by atoms with Crippen molar-refractivity contribution in [2.45, 2.75) is 76.9 Å². The highest BCUT2D eigenvalue weighted by Gasteiger charge is 2.39. The Bertz CT molecular complexity index is 322. The van der Waals surface area contributed by atoms with Crippen LogP contribution in [0.2, 0.25) is 0 Å². The van der Waals surface area contributed by atoms with Gasteiger partial charge in [0.25, 0.3) is 0 Å². The van der Waals surface area contributed by atoms with Crippen molar-refractivity contribution >= 4 is 0 Å². The van der Waals surface area contributed by atoms with Crippen molar-refractivity contribution in [3.8, 4) is 0 Å². The fraction of sp³-hybridized carbons (Fsp3) is 1.00. The Morgan fingerprint density at radius 2 is 1.70 bits per heavy atom. The Hall–Kier alpha value is -0.120. The molecule has 3 atom stereocenters. The van der Waals surface area contributed by atoms with Crippen LogP contribution in [0.15, 0.2) is 0 Å². The molecular formula is C17H33N3. The van der Waals surface area contributed by atoms with E-state index in [-0.39, 0.29) is 0 Å². The summed E-state index contributed by atoms with van der Waals surface area (Å²) in [5.41, 5.74) is 6.94. The molecule has 3 heteroatoms. The fourth-order valence-corrected chi connectivity index (χ4v) is 4.62. The van der Waals surface area contributed by atoms with Crippen molar-refractivity contribution in [1.82, 2.24) is 9.80 Å². The van der Waals surface area contributed by atoms with Crippen LogP contribution in [0.5, 0.6) is 0 Å². The topological polar surface area (TPSA) is 32.5 Å². The van der Waals surface area contributed by atoms with Gasteiger partial charge in [-0.1, -0.05) is 20.3 Å². The molecule has 3 aliphatic rings. The zero-order valence-corrected chi connectivity index (χ0v) is 13.5. The van der Waals surface area contributed by atoms with Crippen molar-refractivity contribution in [2.75, 3.05) is 26.2 Å². The first-order valence-electron chi connectivity index (χ1n) is 8.79. The van der Waals surface area contributed by atoms with Crippen LogP contribution in [0.3, 0.4) is 0 Å². The van der Waals surface area contributed by atoms with E-state index in [1.807, 2.05) is 0 Å². The Kier molecular flexibility index (Phi) is 4.40. The van der Waals surface area contributed by atoms with Gasteiger partial charge in [-0.3, -0.25) is 9.80 Å². The smallest absolute Gasteiger partial charge is 0.0252 e. The number of hydrogen-bond donors (Lipinski definition) is 1. The minimum atomic E-state index is 0.406. The van der Waals surface area contributed by atoms with Gasteiger partial charge in [0.1, 0.15) is 0 Å². The standard InChI is InChI=1S/C17H33N3/c1-17(2)8-6-15(18)16(12-17)20-11-7-14(13-20)19-9-4-3-5-10-19/h14-16H,3-13,18H2,1-2H3. The Balaban J connectivity index is 1.58. The van der Waals surface area contributed by atoms with Crippen LogP contribution in [0.1, 0.15) is 58.8 Å². The molecule has 116 valence electrons. The van der Waals surface area contributed by atoms with E-state index in [4.69, 9.17) is 5.73 Å².